The molecular formula is C17H24N4O2S. The summed E-state index contributed by atoms with van der Waals surface area (Å²) < 4.78 is 7.40. The fourth-order valence-electron chi connectivity index (χ4n) is 3.13. The summed E-state index contributed by atoms with van der Waals surface area (Å²) >= 11 is 1.47. The molecule has 2 aromatic rings. The van der Waals surface area contributed by atoms with Crippen LogP contribution in [0.5, 0.6) is 0 Å². The van der Waals surface area contributed by atoms with E-state index in [-0.39, 0.29) is 5.91 Å². The zero-order valence-electron chi connectivity index (χ0n) is 14.5. The molecule has 1 aliphatic heterocycles. The van der Waals surface area contributed by atoms with Gasteiger partial charge in [0, 0.05) is 19.6 Å². The van der Waals surface area contributed by atoms with Gasteiger partial charge in [-0.05, 0) is 38.7 Å². The first-order chi connectivity index (χ1) is 11.6. The van der Waals surface area contributed by atoms with Gasteiger partial charge in [0.15, 0.2) is 11.0 Å². The van der Waals surface area contributed by atoms with Crippen LogP contribution in [0, 0.1) is 12.8 Å². The van der Waals surface area contributed by atoms with Crippen LogP contribution < -0.4 is 0 Å². The third-order valence-electron chi connectivity index (χ3n) is 4.47. The van der Waals surface area contributed by atoms with Gasteiger partial charge in [0.25, 0.3) is 0 Å². The summed E-state index contributed by atoms with van der Waals surface area (Å²) in [5.41, 5.74) is 0.951. The van der Waals surface area contributed by atoms with Gasteiger partial charge >= 0.3 is 0 Å². The Kier molecular flexibility index (Phi) is 5.28. The number of aromatic nitrogens is 3. The first kappa shape index (κ1) is 17.1. The number of carbonyl (C=O) groups is 1. The van der Waals surface area contributed by atoms with Gasteiger partial charge in [0.05, 0.1) is 17.6 Å². The van der Waals surface area contributed by atoms with Crippen LogP contribution in [-0.2, 0) is 11.3 Å². The quantitative estimate of drug-likeness (QED) is 0.776. The number of hydrogen-bond acceptors (Lipinski definition) is 5. The first-order valence-corrected chi connectivity index (χ1v) is 9.47. The summed E-state index contributed by atoms with van der Waals surface area (Å²) in [6.07, 6.45) is 3.98. The Morgan fingerprint density at radius 3 is 2.96 bits per heavy atom. The summed E-state index contributed by atoms with van der Waals surface area (Å²) in [7, 11) is 0. The van der Waals surface area contributed by atoms with Crippen molar-refractivity contribution in [2.24, 2.45) is 5.92 Å². The molecule has 3 heterocycles. The van der Waals surface area contributed by atoms with E-state index >= 15 is 0 Å². The number of amides is 1. The Morgan fingerprint density at radius 2 is 2.29 bits per heavy atom. The molecule has 1 atom stereocenters. The van der Waals surface area contributed by atoms with E-state index in [9.17, 15) is 4.79 Å². The molecule has 0 bridgehead atoms. The van der Waals surface area contributed by atoms with Gasteiger partial charge in [0.2, 0.25) is 5.91 Å². The van der Waals surface area contributed by atoms with Gasteiger partial charge in [-0.2, -0.15) is 0 Å². The Balaban J connectivity index is 1.68. The minimum atomic E-state index is 0.193. The number of piperidine rings is 1. The Bertz CT molecular complexity index is 709. The average Bonchev–Trinajstić information content (AvgIpc) is 3.17. The van der Waals surface area contributed by atoms with Gasteiger partial charge in [-0.15, -0.1) is 10.2 Å². The van der Waals surface area contributed by atoms with Gasteiger partial charge in [0.1, 0.15) is 5.76 Å². The van der Waals surface area contributed by atoms with Crippen LogP contribution >= 0.6 is 11.8 Å². The highest BCUT2D eigenvalue weighted by molar-refractivity contribution is 7.99. The normalized spacial score (nSPS) is 18.1. The number of hydrogen-bond donors (Lipinski definition) is 0. The number of furan rings is 1. The summed E-state index contributed by atoms with van der Waals surface area (Å²) in [6, 6.07) is 1.90. The Hall–Kier alpha value is -1.76. The Labute approximate surface area is 146 Å². The standard InChI is InChI=1S/C17H24N4O2S/c1-4-21-16(14-7-9-23-13(14)3)18-19-17(21)24-11-15(22)20-8-5-6-12(2)10-20/h7,9,12H,4-6,8,10-11H2,1-3H3. The fraction of sp³-hybridized carbons (Fsp3) is 0.588. The van der Waals surface area contributed by atoms with Crippen LogP contribution in [0.2, 0.25) is 0 Å². The lowest BCUT2D eigenvalue weighted by atomic mass is 10.0. The van der Waals surface area contributed by atoms with Crippen molar-refractivity contribution in [1.29, 1.82) is 0 Å². The van der Waals surface area contributed by atoms with Crippen molar-refractivity contribution in [3.63, 3.8) is 0 Å². The molecular weight excluding hydrogens is 324 g/mol. The largest absolute Gasteiger partial charge is 0.469 e. The van der Waals surface area contributed by atoms with E-state index in [0.29, 0.717) is 11.7 Å². The monoisotopic (exact) mass is 348 g/mol. The second-order valence-electron chi connectivity index (χ2n) is 6.32. The SMILES string of the molecule is CCn1c(SCC(=O)N2CCCC(C)C2)nnc1-c1ccoc1C. The maximum Gasteiger partial charge on any atom is 0.233 e. The third-order valence-corrected chi connectivity index (χ3v) is 5.42. The predicted molar refractivity (Wildman–Crippen MR) is 93.8 cm³/mol. The molecule has 1 fully saturated rings. The van der Waals surface area contributed by atoms with Crippen LogP contribution in [0.3, 0.4) is 0 Å². The van der Waals surface area contributed by atoms with Crippen molar-refractivity contribution in [1.82, 2.24) is 19.7 Å². The molecule has 0 N–H and O–H groups in total. The summed E-state index contributed by atoms with van der Waals surface area (Å²) in [6.45, 7) is 8.69. The van der Waals surface area contributed by atoms with Gasteiger partial charge in [-0.25, -0.2) is 0 Å². The smallest absolute Gasteiger partial charge is 0.233 e. The van der Waals surface area contributed by atoms with E-state index < -0.39 is 0 Å². The molecule has 1 unspecified atom stereocenters. The topological polar surface area (TPSA) is 64.2 Å². The molecule has 1 aliphatic rings. The summed E-state index contributed by atoms with van der Waals surface area (Å²) in [5.74, 6) is 2.83. The lowest BCUT2D eigenvalue weighted by Gasteiger charge is -2.30. The van der Waals surface area contributed by atoms with E-state index in [1.165, 1.54) is 18.2 Å². The molecule has 2 aromatic heterocycles. The maximum absolute atomic E-state index is 12.4. The molecule has 0 radical (unpaired) electrons. The van der Waals surface area contributed by atoms with Crippen molar-refractivity contribution in [2.45, 2.75) is 45.3 Å². The summed E-state index contributed by atoms with van der Waals surface area (Å²) in [5, 5.41) is 9.36. The van der Waals surface area contributed by atoms with E-state index in [4.69, 9.17) is 4.42 Å². The molecule has 0 saturated carbocycles. The minimum absolute atomic E-state index is 0.193. The Morgan fingerprint density at radius 1 is 1.46 bits per heavy atom. The number of thioether (sulfide) groups is 1. The van der Waals surface area contributed by atoms with Crippen molar-refractivity contribution in [2.75, 3.05) is 18.8 Å². The lowest BCUT2D eigenvalue weighted by molar-refractivity contribution is -0.130. The first-order valence-electron chi connectivity index (χ1n) is 8.48. The molecule has 3 rings (SSSR count). The van der Waals surface area contributed by atoms with Crippen LogP contribution in [-0.4, -0.2) is 44.4 Å². The second kappa shape index (κ2) is 7.42. The van der Waals surface area contributed by atoms with E-state index in [2.05, 4.69) is 24.0 Å². The van der Waals surface area contributed by atoms with Crippen LogP contribution in [0.25, 0.3) is 11.4 Å². The molecule has 1 amide bonds. The maximum atomic E-state index is 12.4. The van der Waals surface area contributed by atoms with Crippen molar-refractivity contribution < 1.29 is 9.21 Å². The van der Waals surface area contributed by atoms with E-state index in [0.717, 1.165) is 48.4 Å². The van der Waals surface area contributed by atoms with E-state index in [1.54, 1.807) is 6.26 Å². The van der Waals surface area contributed by atoms with Crippen LogP contribution in [0.1, 0.15) is 32.4 Å². The van der Waals surface area contributed by atoms with Crippen LogP contribution in [0.4, 0.5) is 0 Å². The van der Waals surface area contributed by atoms with Gasteiger partial charge < -0.3 is 13.9 Å². The van der Waals surface area contributed by atoms with E-state index in [1.807, 2.05) is 22.5 Å². The lowest BCUT2D eigenvalue weighted by Crippen LogP contribution is -2.40. The van der Waals surface area contributed by atoms with Gasteiger partial charge in [-0.3, -0.25) is 4.79 Å². The highest BCUT2D eigenvalue weighted by Gasteiger charge is 2.22. The van der Waals surface area contributed by atoms with Crippen LogP contribution in [0.15, 0.2) is 21.9 Å². The van der Waals surface area contributed by atoms with Crippen molar-refractivity contribution >= 4 is 17.7 Å². The highest BCUT2D eigenvalue weighted by Crippen LogP contribution is 2.27. The highest BCUT2D eigenvalue weighted by atomic mass is 32.2. The number of nitrogens with zero attached hydrogens (tertiary/aromatic N) is 4. The molecule has 24 heavy (non-hydrogen) atoms. The second-order valence-corrected chi connectivity index (χ2v) is 7.26. The molecule has 1 saturated heterocycles. The molecule has 130 valence electrons. The average molecular weight is 348 g/mol. The third kappa shape index (κ3) is 3.50. The number of likely N-dealkylation sites (tertiary alicyclic amines) is 1. The zero-order chi connectivity index (χ0) is 17.1. The van der Waals surface area contributed by atoms with Crippen molar-refractivity contribution in [3.05, 3.63) is 18.1 Å². The molecule has 7 heteroatoms. The van der Waals surface area contributed by atoms with Crippen molar-refractivity contribution in [3.8, 4) is 11.4 Å². The molecule has 0 aromatic carbocycles. The minimum Gasteiger partial charge on any atom is -0.469 e. The number of carbonyl (C=O) groups excluding carboxylic acids is 1. The van der Waals surface area contributed by atoms with Gasteiger partial charge in [-0.1, -0.05) is 18.7 Å². The summed E-state index contributed by atoms with van der Waals surface area (Å²) in [4.78, 5) is 14.4. The fourth-order valence-corrected chi connectivity index (χ4v) is 4.04. The number of rotatable bonds is 5. The molecule has 0 aliphatic carbocycles. The molecule has 6 nitrogen and oxygen atoms in total. The number of aryl methyl sites for hydroxylation is 1. The molecule has 0 spiro atoms. The predicted octanol–water partition coefficient (Wildman–Crippen LogP) is 3.22. The zero-order valence-corrected chi connectivity index (χ0v) is 15.3.